The molecular weight excluding hydrogens is 166 g/mol. The average molecular weight is 185 g/mol. The van der Waals surface area contributed by atoms with Gasteiger partial charge in [-0.1, -0.05) is 13.3 Å². The van der Waals surface area contributed by atoms with Crippen molar-refractivity contribution in [2.24, 2.45) is 5.92 Å². The summed E-state index contributed by atoms with van der Waals surface area (Å²) in [6.45, 7) is 2.16. The van der Waals surface area contributed by atoms with Gasteiger partial charge in [0.05, 0.1) is 0 Å². The number of hydrogen-bond donors (Lipinski definition) is 2. The van der Waals surface area contributed by atoms with Crippen LogP contribution in [0.4, 0.5) is 0 Å². The maximum Gasteiger partial charge on any atom is 0.251 e. The molecule has 1 amide bonds. The SMILES string of the molecule is CCC1CCC(O)(C(=O)NC)CC1. The average Bonchev–Trinajstić information content (AvgIpc) is 2.18. The van der Waals surface area contributed by atoms with Gasteiger partial charge in [0.2, 0.25) is 0 Å². The molecule has 1 aliphatic carbocycles. The second-order valence-corrected chi connectivity index (χ2v) is 3.96. The van der Waals surface area contributed by atoms with E-state index in [2.05, 4.69) is 12.2 Å². The molecule has 0 unspecified atom stereocenters. The van der Waals surface area contributed by atoms with Gasteiger partial charge in [-0.15, -0.1) is 0 Å². The van der Waals surface area contributed by atoms with E-state index >= 15 is 0 Å². The van der Waals surface area contributed by atoms with Gasteiger partial charge in [-0.05, 0) is 31.6 Å². The minimum Gasteiger partial charge on any atom is -0.380 e. The van der Waals surface area contributed by atoms with Crippen LogP contribution < -0.4 is 5.32 Å². The lowest BCUT2D eigenvalue weighted by atomic mass is 9.77. The number of amides is 1. The molecule has 1 saturated carbocycles. The van der Waals surface area contributed by atoms with Crippen molar-refractivity contribution in [1.29, 1.82) is 0 Å². The molecule has 0 bridgehead atoms. The molecule has 3 nitrogen and oxygen atoms in total. The van der Waals surface area contributed by atoms with Crippen LogP contribution in [0.25, 0.3) is 0 Å². The summed E-state index contributed by atoms with van der Waals surface area (Å²) < 4.78 is 0. The first-order valence-electron chi connectivity index (χ1n) is 5.07. The summed E-state index contributed by atoms with van der Waals surface area (Å²) in [5, 5.41) is 12.5. The summed E-state index contributed by atoms with van der Waals surface area (Å²) in [5.41, 5.74) is -1.08. The van der Waals surface area contributed by atoms with E-state index < -0.39 is 5.60 Å². The van der Waals surface area contributed by atoms with Gasteiger partial charge < -0.3 is 10.4 Å². The Morgan fingerprint density at radius 2 is 2.08 bits per heavy atom. The minimum absolute atomic E-state index is 0.220. The topological polar surface area (TPSA) is 49.3 Å². The van der Waals surface area contributed by atoms with Gasteiger partial charge in [0.25, 0.3) is 5.91 Å². The van der Waals surface area contributed by atoms with Crippen molar-refractivity contribution >= 4 is 5.91 Å². The number of aliphatic hydroxyl groups is 1. The lowest BCUT2D eigenvalue weighted by molar-refractivity contribution is -0.143. The molecule has 2 N–H and O–H groups in total. The van der Waals surface area contributed by atoms with Crippen LogP contribution in [0, 0.1) is 5.92 Å². The minimum atomic E-state index is -1.08. The lowest BCUT2D eigenvalue weighted by Crippen LogP contribution is -2.47. The van der Waals surface area contributed by atoms with E-state index in [1.165, 1.54) is 0 Å². The third kappa shape index (κ3) is 2.21. The highest BCUT2D eigenvalue weighted by Gasteiger charge is 2.38. The smallest absolute Gasteiger partial charge is 0.251 e. The van der Waals surface area contributed by atoms with Crippen LogP contribution in [0.1, 0.15) is 39.0 Å². The first-order chi connectivity index (χ1) is 6.12. The molecular formula is C10H19NO2. The van der Waals surface area contributed by atoms with Crippen LogP contribution in [-0.2, 0) is 4.79 Å². The third-order valence-corrected chi connectivity index (χ3v) is 3.16. The normalized spacial score (nSPS) is 34.2. The highest BCUT2D eigenvalue weighted by molar-refractivity contribution is 5.84. The van der Waals surface area contributed by atoms with Crippen LogP contribution in [0.5, 0.6) is 0 Å². The van der Waals surface area contributed by atoms with Gasteiger partial charge in [-0.3, -0.25) is 4.79 Å². The molecule has 0 atom stereocenters. The quantitative estimate of drug-likeness (QED) is 0.676. The van der Waals surface area contributed by atoms with E-state index in [4.69, 9.17) is 0 Å². The zero-order chi connectivity index (χ0) is 9.90. The predicted molar refractivity (Wildman–Crippen MR) is 51.3 cm³/mol. The molecule has 0 spiro atoms. The van der Waals surface area contributed by atoms with E-state index in [-0.39, 0.29) is 5.91 Å². The fraction of sp³-hybridized carbons (Fsp3) is 0.900. The fourth-order valence-corrected chi connectivity index (χ4v) is 2.02. The summed E-state index contributed by atoms with van der Waals surface area (Å²) in [6.07, 6.45) is 4.33. The second-order valence-electron chi connectivity index (χ2n) is 3.96. The fourth-order valence-electron chi connectivity index (χ4n) is 2.02. The standard InChI is InChI=1S/C10H19NO2/c1-3-8-4-6-10(13,7-5-8)9(12)11-2/h8,13H,3-7H2,1-2H3,(H,11,12). The summed E-state index contributed by atoms with van der Waals surface area (Å²) >= 11 is 0. The largest absolute Gasteiger partial charge is 0.380 e. The Kier molecular flexibility index (Phi) is 3.31. The molecule has 3 heteroatoms. The highest BCUT2D eigenvalue weighted by atomic mass is 16.3. The van der Waals surface area contributed by atoms with Crippen LogP contribution in [0.2, 0.25) is 0 Å². The first kappa shape index (κ1) is 10.5. The van der Waals surface area contributed by atoms with Crippen molar-refractivity contribution < 1.29 is 9.90 Å². The van der Waals surface area contributed by atoms with Gasteiger partial charge in [-0.2, -0.15) is 0 Å². The first-order valence-corrected chi connectivity index (χ1v) is 5.07. The molecule has 0 aromatic rings. The number of carbonyl (C=O) groups excluding carboxylic acids is 1. The van der Waals surface area contributed by atoms with E-state index in [1.807, 2.05) is 0 Å². The Balaban J connectivity index is 2.51. The Labute approximate surface area is 79.5 Å². The number of carbonyl (C=O) groups is 1. The van der Waals surface area contributed by atoms with Crippen LogP contribution in [-0.4, -0.2) is 23.7 Å². The maximum atomic E-state index is 11.3. The van der Waals surface area contributed by atoms with Crippen molar-refractivity contribution in [3.63, 3.8) is 0 Å². The van der Waals surface area contributed by atoms with Gasteiger partial charge in [-0.25, -0.2) is 0 Å². The van der Waals surface area contributed by atoms with Crippen molar-refractivity contribution in [2.75, 3.05) is 7.05 Å². The number of rotatable bonds is 2. The molecule has 1 rings (SSSR count). The summed E-state index contributed by atoms with van der Waals surface area (Å²) in [6, 6.07) is 0. The maximum absolute atomic E-state index is 11.3. The zero-order valence-electron chi connectivity index (χ0n) is 8.47. The van der Waals surface area contributed by atoms with Gasteiger partial charge in [0.15, 0.2) is 0 Å². The van der Waals surface area contributed by atoms with Gasteiger partial charge >= 0.3 is 0 Å². The third-order valence-electron chi connectivity index (χ3n) is 3.16. The molecule has 1 aliphatic rings. The van der Waals surface area contributed by atoms with Gasteiger partial charge in [0.1, 0.15) is 5.60 Å². The molecule has 0 saturated heterocycles. The van der Waals surface area contributed by atoms with Crippen molar-refractivity contribution in [1.82, 2.24) is 5.32 Å². The lowest BCUT2D eigenvalue weighted by Gasteiger charge is -2.33. The van der Waals surface area contributed by atoms with Crippen molar-refractivity contribution in [2.45, 2.75) is 44.6 Å². The van der Waals surface area contributed by atoms with Crippen molar-refractivity contribution in [3.8, 4) is 0 Å². The van der Waals surface area contributed by atoms with E-state index in [1.54, 1.807) is 7.05 Å². The summed E-state index contributed by atoms with van der Waals surface area (Å²) in [7, 11) is 1.58. The Morgan fingerprint density at radius 1 is 1.54 bits per heavy atom. The van der Waals surface area contributed by atoms with Crippen LogP contribution in [0.15, 0.2) is 0 Å². The Morgan fingerprint density at radius 3 is 2.46 bits per heavy atom. The molecule has 1 fully saturated rings. The molecule has 76 valence electrons. The Hall–Kier alpha value is -0.570. The molecule has 0 radical (unpaired) electrons. The van der Waals surface area contributed by atoms with E-state index in [0.717, 1.165) is 19.3 Å². The van der Waals surface area contributed by atoms with Gasteiger partial charge in [0, 0.05) is 7.05 Å². The molecule has 0 aromatic heterocycles. The highest BCUT2D eigenvalue weighted by Crippen LogP contribution is 2.33. The predicted octanol–water partition coefficient (Wildman–Crippen LogP) is 1.06. The Bertz CT molecular complexity index is 183. The van der Waals surface area contributed by atoms with Crippen molar-refractivity contribution in [3.05, 3.63) is 0 Å². The van der Waals surface area contributed by atoms with E-state index in [9.17, 15) is 9.90 Å². The van der Waals surface area contributed by atoms with Crippen LogP contribution >= 0.6 is 0 Å². The monoisotopic (exact) mass is 185 g/mol. The molecule has 0 aromatic carbocycles. The summed E-state index contributed by atoms with van der Waals surface area (Å²) in [5.74, 6) is 0.479. The molecule has 0 heterocycles. The zero-order valence-corrected chi connectivity index (χ0v) is 8.47. The number of likely N-dealkylation sites (N-methyl/N-ethyl adjacent to an activating group) is 1. The number of hydrogen-bond acceptors (Lipinski definition) is 2. The second kappa shape index (κ2) is 4.09. The summed E-state index contributed by atoms with van der Waals surface area (Å²) in [4.78, 5) is 11.3. The molecule has 13 heavy (non-hydrogen) atoms. The van der Waals surface area contributed by atoms with Crippen LogP contribution in [0.3, 0.4) is 0 Å². The van der Waals surface area contributed by atoms with E-state index in [0.29, 0.717) is 18.8 Å². The molecule has 0 aliphatic heterocycles. The number of nitrogens with one attached hydrogen (secondary N) is 1.